The van der Waals surface area contributed by atoms with Crippen molar-refractivity contribution in [2.24, 2.45) is 5.73 Å². The second kappa shape index (κ2) is 10.1. The van der Waals surface area contributed by atoms with Crippen molar-refractivity contribution in [2.75, 3.05) is 0 Å². The van der Waals surface area contributed by atoms with Crippen molar-refractivity contribution < 1.29 is 27.6 Å². The van der Waals surface area contributed by atoms with Crippen LogP contribution in [0, 0.1) is 15.2 Å². The molecule has 0 saturated carbocycles. The highest BCUT2D eigenvalue weighted by atomic mass is 127. The molecule has 1 heterocycles. The molecule has 0 spiro atoms. The number of halogens is 3. The molecule has 34 heavy (non-hydrogen) atoms. The molecule has 4 aromatic rings. The number of ether oxygens (including phenoxy) is 1. The van der Waals surface area contributed by atoms with E-state index in [9.17, 15) is 18.4 Å². The maximum atomic E-state index is 14.5. The minimum Gasteiger partial charge on any atom is -0.456 e. The molecule has 0 atom stereocenters. The Labute approximate surface area is 206 Å². The predicted molar refractivity (Wildman–Crippen MR) is 128 cm³/mol. The van der Waals surface area contributed by atoms with Crippen molar-refractivity contribution in [3.05, 3.63) is 110 Å². The maximum absolute atomic E-state index is 14.5. The summed E-state index contributed by atoms with van der Waals surface area (Å²) < 4.78 is 40.1. The number of aromatic nitrogens is 1. The van der Waals surface area contributed by atoms with Gasteiger partial charge in [-0.3, -0.25) is 9.59 Å². The van der Waals surface area contributed by atoms with Crippen molar-refractivity contribution in [3.8, 4) is 11.5 Å². The Hall–Kier alpha value is -3.60. The molecule has 172 valence electrons. The van der Waals surface area contributed by atoms with Gasteiger partial charge in [-0.1, -0.05) is 23.4 Å². The maximum Gasteiger partial charge on any atom is 0.252 e. The summed E-state index contributed by atoms with van der Waals surface area (Å²) in [5, 5.41) is 3.62. The Morgan fingerprint density at radius 3 is 2.56 bits per heavy atom. The van der Waals surface area contributed by atoms with Gasteiger partial charge in [0, 0.05) is 28.5 Å². The SMILES string of the molecule is NC(=O)c1c(Cc2ccc(I)cc2F)cc(F)cc1Oc1cccc(CC(=O)c2ccon2)c1. The van der Waals surface area contributed by atoms with Crippen LogP contribution in [0.1, 0.15) is 37.5 Å². The van der Waals surface area contributed by atoms with Crippen LogP contribution in [0.3, 0.4) is 0 Å². The standard InChI is InChI=1S/C25H17F2IN2O4/c26-17-11-16(10-15-4-5-18(28)13-20(15)27)24(25(29)32)23(12-17)34-19-3-1-2-14(8-19)9-22(31)21-6-7-33-30-21/h1-8,11-13H,9-10H2,(H2,29,32). The minimum atomic E-state index is -0.840. The fourth-order valence-electron chi connectivity index (χ4n) is 3.48. The molecule has 3 aromatic carbocycles. The van der Waals surface area contributed by atoms with E-state index < -0.39 is 17.5 Å². The number of carbonyl (C=O) groups excluding carboxylic acids is 2. The van der Waals surface area contributed by atoms with E-state index in [-0.39, 0.29) is 52.5 Å². The van der Waals surface area contributed by atoms with E-state index in [0.717, 1.165) is 12.1 Å². The summed E-state index contributed by atoms with van der Waals surface area (Å²) in [4.78, 5) is 24.6. The van der Waals surface area contributed by atoms with Crippen LogP contribution in [0.5, 0.6) is 11.5 Å². The molecular formula is C25H17F2IN2O4. The third-order valence-corrected chi connectivity index (χ3v) is 5.68. The Morgan fingerprint density at radius 2 is 1.85 bits per heavy atom. The lowest BCUT2D eigenvalue weighted by molar-refractivity contribution is 0.0980. The van der Waals surface area contributed by atoms with Crippen molar-refractivity contribution in [1.29, 1.82) is 0 Å². The number of rotatable bonds is 8. The number of nitrogens with zero attached hydrogens (tertiary/aromatic N) is 1. The number of primary amides is 1. The molecule has 0 radical (unpaired) electrons. The number of nitrogens with two attached hydrogens (primary N) is 1. The molecular weight excluding hydrogens is 557 g/mol. The highest BCUT2D eigenvalue weighted by Gasteiger charge is 2.20. The van der Waals surface area contributed by atoms with Gasteiger partial charge < -0.3 is 15.0 Å². The van der Waals surface area contributed by atoms with Crippen LogP contribution < -0.4 is 10.5 Å². The molecule has 9 heteroatoms. The van der Waals surface area contributed by atoms with E-state index >= 15 is 0 Å². The fourth-order valence-corrected chi connectivity index (χ4v) is 3.94. The topological polar surface area (TPSA) is 95.4 Å². The van der Waals surface area contributed by atoms with Crippen LogP contribution in [-0.4, -0.2) is 16.8 Å². The van der Waals surface area contributed by atoms with Gasteiger partial charge in [-0.15, -0.1) is 0 Å². The number of hydrogen-bond acceptors (Lipinski definition) is 5. The van der Waals surface area contributed by atoms with Crippen LogP contribution in [0.2, 0.25) is 0 Å². The van der Waals surface area contributed by atoms with E-state index in [1.807, 2.05) is 22.6 Å². The van der Waals surface area contributed by atoms with Gasteiger partial charge in [0.2, 0.25) is 0 Å². The molecule has 0 fully saturated rings. The Bertz CT molecular complexity index is 1370. The monoisotopic (exact) mass is 574 g/mol. The largest absolute Gasteiger partial charge is 0.456 e. The summed E-state index contributed by atoms with van der Waals surface area (Å²) >= 11 is 1.98. The third kappa shape index (κ3) is 5.48. The van der Waals surface area contributed by atoms with Crippen molar-refractivity contribution >= 4 is 34.3 Å². The quantitative estimate of drug-likeness (QED) is 0.223. The van der Waals surface area contributed by atoms with Crippen molar-refractivity contribution in [2.45, 2.75) is 12.8 Å². The molecule has 0 aliphatic carbocycles. The van der Waals surface area contributed by atoms with Gasteiger partial charge in [0.1, 0.15) is 35.1 Å². The van der Waals surface area contributed by atoms with E-state index in [2.05, 4.69) is 5.16 Å². The first-order chi connectivity index (χ1) is 16.3. The van der Waals surface area contributed by atoms with Gasteiger partial charge in [0.15, 0.2) is 5.78 Å². The summed E-state index contributed by atoms with van der Waals surface area (Å²) in [6.07, 6.45) is 1.29. The second-order valence-corrected chi connectivity index (χ2v) is 8.69. The fraction of sp³-hybridized carbons (Fsp3) is 0.0800. The molecule has 1 aromatic heterocycles. The number of ketones is 1. The highest BCUT2D eigenvalue weighted by molar-refractivity contribution is 14.1. The zero-order chi connectivity index (χ0) is 24.2. The van der Waals surface area contributed by atoms with E-state index in [1.54, 1.807) is 36.4 Å². The summed E-state index contributed by atoms with van der Waals surface area (Å²) in [7, 11) is 0. The van der Waals surface area contributed by atoms with Crippen LogP contribution in [-0.2, 0) is 12.8 Å². The zero-order valence-corrected chi connectivity index (χ0v) is 19.7. The van der Waals surface area contributed by atoms with Crippen molar-refractivity contribution in [1.82, 2.24) is 5.16 Å². The second-order valence-electron chi connectivity index (χ2n) is 7.45. The number of amides is 1. The van der Waals surface area contributed by atoms with E-state index in [1.165, 1.54) is 18.4 Å². The van der Waals surface area contributed by atoms with Gasteiger partial charge in [0.05, 0.1) is 5.56 Å². The first-order valence-electron chi connectivity index (χ1n) is 10.1. The van der Waals surface area contributed by atoms with Crippen molar-refractivity contribution in [3.63, 3.8) is 0 Å². The molecule has 2 N–H and O–H groups in total. The summed E-state index contributed by atoms with van der Waals surface area (Å²) in [5.41, 5.74) is 6.82. The highest BCUT2D eigenvalue weighted by Crippen LogP contribution is 2.31. The van der Waals surface area contributed by atoms with Gasteiger partial charge >= 0.3 is 0 Å². The summed E-state index contributed by atoms with van der Waals surface area (Å²) in [6.45, 7) is 0. The van der Waals surface area contributed by atoms with Gasteiger partial charge in [0.25, 0.3) is 5.91 Å². The average Bonchev–Trinajstić information content (AvgIpc) is 3.31. The predicted octanol–water partition coefficient (Wildman–Crippen LogP) is 5.46. The van der Waals surface area contributed by atoms with Gasteiger partial charge in [-0.2, -0.15) is 0 Å². The Balaban J connectivity index is 1.64. The number of hydrogen-bond donors (Lipinski definition) is 1. The average molecular weight is 574 g/mol. The molecule has 1 amide bonds. The zero-order valence-electron chi connectivity index (χ0n) is 17.6. The summed E-state index contributed by atoms with van der Waals surface area (Å²) in [5.74, 6) is -2.07. The number of carbonyl (C=O) groups is 2. The summed E-state index contributed by atoms with van der Waals surface area (Å²) in [6, 6.07) is 14.8. The smallest absolute Gasteiger partial charge is 0.252 e. The first-order valence-corrected chi connectivity index (χ1v) is 11.1. The lowest BCUT2D eigenvalue weighted by atomic mass is 9.98. The van der Waals surface area contributed by atoms with Crippen LogP contribution in [0.15, 0.2) is 71.4 Å². The van der Waals surface area contributed by atoms with Gasteiger partial charge in [-0.25, -0.2) is 8.78 Å². The molecule has 0 aliphatic rings. The Kier molecular flexibility index (Phi) is 7.01. The molecule has 6 nitrogen and oxygen atoms in total. The molecule has 4 rings (SSSR count). The molecule has 0 unspecified atom stereocenters. The molecule has 0 bridgehead atoms. The third-order valence-electron chi connectivity index (χ3n) is 5.01. The van der Waals surface area contributed by atoms with Gasteiger partial charge in [-0.05, 0) is 69.6 Å². The molecule has 0 aliphatic heterocycles. The van der Waals surface area contributed by atoms with Crippen LogP contribution in [0.25, 0.3) is 0 Å². The number of benzene rings is 3. The van der Waals surface area contributed by atoms with Crippen LogP contribution in [0.4, 0.5) is 8.78 Å². The van der Waals surface area contributed by atoms with E-state index in [0.29, 0.717) is 9.13 Å². The van der Waals surface area contributed by atoms with E-state index in [4.69, 9.17) is 15.0 Å². The lowest BCUT2D eigenvalue weighted by Gasteiger charge is -2.15. The minimum absolute atomic E-state index is 0.0346. The molecule has 0 saturated heterocycles. The lowest BCUT2D eigenvalue weighted by Crippen LogP contribution is -2.16. The Morgan fingerprint density at radius 1 is 1.03 bits per heavy atom. The first kappa shape index (κ1) is 23.6. The van der Waals surface area contributed by atoms with Crippen LogP contribution >= 0.6 is 22.6 Å². The number of Topliss-reactive ketones (excluding diaryl/α,β-unsaturated/α-hetero) is 1. The normalized spacial score (nSPS) is 10.8.